The number of thiocarbonyl (C=S) groups is 2. The summed E-state index contributed by atoms with van der Waals surface area (Å²) in [6, 6.07) is 16.3. The van der Waals surface area contributed by atoms with Crippen LogP contribution in [0.2, 0.25) is 0 Å². The minimum absolute atomic E-state index is 0.345. The van der Waals surface area contributed by atoms with Crippen LogP contribution in [0.3, 0.4) is 0 Å². The van der Waals surface area contributed by atoms with Gasteiger partial charge < -0.3 is 20.1 Å². The second-order valence-electron chi connectivity index (χ2n) is 7.68. The van der Waals surface area contributed by atoms with Gasteiger partial charge in [-0.25, -0.2) is 0 Å². The number of methoxy groups -OCH3 is 2. The number of rotatable bonds is 10. The summed E-state index contributed by atoms with van der Waals surface area (Å²) >= 11 is 11.1. The standard InChI is InChI=1S/C26H30N2O2S2/c1-29-21-11-7-19(8-12-21)25(31)15-17-27-23-5-3-4-6-24(23)28-18-16-26(32)20-9-13-22(30-2)14-10-20/h7-18,23-24,27-28H,3-6H2,1-2H3/t23-,24-/m1/s1. The van der Waals surface area contributed by atoms with Crippen molar-refractivity contribution in [3.63, 3.8) is 0 Å². The van der Waals surface area contributed by atoms with E-state index in [0.29, 0.717) is 12.1 Å². The highest BCUT2D eigenvalue weighted by molar-refractivity contribution is 7.81. The Morgan fingerprint density at radius 1 is 0.719 bits per heavy atom. The topological polar surface area (TPSA) is 42.5 Å². The zero-order valence-electron chi connectivity index (χ0n) is 18.5. The molecule has 0 amide bonds. The summed E-state index contributed by atoms with van der Waals surface area (Å²) in [5, 5.41) is 7.08. The molecule has 0 aromatic heterocycles. The minimum atomic E-state index is 0.345. The molecule has 0 heterocycles. The van der Waals surface area contributed by atoms with Gasteiger partial charge in [-0.05, 0) is 97.1 Å². The number of hydrogen-bond donors (Lipinski definition) is 2. The highest BCUT2D eigenvalue weighted by Crippen LogP contribution is 2.19. The Kier molecular flexibility index (Phi) is 9.26. The molecule has 0 unspecified atom stereocenters. The van der Waals surface area contributed by atoms with Gasteiger partial charge in [0, 0.05) is 21.8 Å². The van der Waals surface area contributed by atoms with E-state index in [1.165, 1.54) is 12.8 Å². The Bertz CT molecular complexity index is 873. The zero-order chi connectivity index (χ0) is 22.8. The van der Waals surface area contributed by atoms with E-state index in [-0.39, 0.29) is 0 Å². The predicted molar refractivity (Wildman–Crippen MR) is 140 cm³/mol. The van der Waals surface area contributed by atoms with Gasteiger partial charge in [0.2, 0.25) is 0 Å². The number of ether oxygens (including phenoxy) is 2. The second kappa shape index (κ2) is 12.4. The van der Waals surface area contributed by atoms with E-state index < -0.39 is 0 Å². The van der Waals surface area contributed by atoms with Gasteiger partial charge in [0.05, 0.1) is 14.2 Å². The minimum Gasteiger partial charge on any atom is -0.497 e. The smallest absolute Gasteiger partial charge is 0.118 e. The van der Waals surface area contributed by atoms with Crippen LogP contribution in [-0.4, -0.2) is 36.0 Å². The summed E-state index contributed by atoms with van der Waals surface area (Å²) in [6.07, 6.45) is 12.5. The van der Waals surface area contributed by atoms with Crippen LogP contribution in [0, 0.1) is 0 Å². The summed E-state index contributed by atoms with van der Waals surface area (Å²) < 4.78 is 10.4. The normalized spacial score (nSPS) is 18.4. The Balaban J connectivity index is 1.52. The van der Waals surface area contributed by atoms with E-state index in [2.05, 4.69) is 10.6 Å². The second-order valence-corrected chi connectivity index (χ2v) is 8.56. The first kappa shape index (κ1) is 24.0. The maximum absolute atomic E-state index is 5.54. The molecule has 0 saturated heterocycles. The molecule has 32 heavy (non-hydrogen) atoms. The van der Waals surface area contributed by atoms with Crippen molar-refractivity contribution in [3.05, 3.63) is 84.2 Å². The van der Waals surface area contributed by atoms with Crippen molar-refractivity contribution in [2.75, 3.05) is 14.2 Å². The van der Waals surface area contributed by atoms with Gasteiger partial charge >= 0.3 is 0 Å². The maximum atomic E-state index is 5.54. The Labute approximate surface area is 201 Å². The molecule has 0 radical (unpaired) electrons. The van der Waals surface area contributed by atoms with Gasteiger partial charge in [-0.1, -0.05) is 37.3 Å². The molecule has 1 saturated carbocycles. The molecule has 2 aromatic carbocycles. The van der Waals surface area contributed by atoms with Gasteiger partial charge in [0.25, 0.3) is 0 Å². The fourth-order valence-electron chi connectivity index (χ4n) is 3.73. The van der Waals surface area contributed by atoms with Crippen LogP contribution < -0.4 is 20.1 Å². The van der Waals surface area contributed by atoms with Crippen LogP contribution in [0.1, 0.15) is 36.8 Å². The summed E-state index contributed by atoms with van der Waals surface area (Å²) in [4.78, 5) is 1.59. The van der Waals surface area contributed by atoms with Crippen LogP contribution in [-0.2, 0) is 0 Å². The summed E-state index contributed by atoms with van der Waals surface area (Å²) in [6.45, 7) is 0. The molecule has 4 nitrogen and oxygen atoms in total. The van der Waals surface area contributed by atoms with Crippen molar-refractivity contribution in [3.8, 4) is 11.5 Å². The van der Waals surface area contributed by atoms with E-state index in [0.717, 1.165) is 45.2 Å². The van der Waals surface area contributed by atoms with Gasteiger partial charge in [-0.2, -0.15) is 0 Å². The molecule has 6 heteroatoms. The highest BCUT2D eigenvalue weighted by Gasteiger charge is 2.22. The molecule has 168 valence electrons. The SMILES string of the molecule is COc1ccc(C(=S)C=CN[C@@H]2CCCC[C@H]2NC=CC(=S)c2ccc(OC)cc2)cc1. The monoisotopic (exact) mass is 466 g/mol. The largest absolute Gasteiger partial charge is 0.497 e. The van der Waals surface area contributed by atoms with Crippen LogP contribution >= 0.6 is 24.4 Å². The third-order valence-corrected chi connectivity index (χ3v) is 6.35. The Morgan fingerprint density at radius 2 is 1.09 bits per heavy atom. The molecule has 1 fully saturated rings. The van der Waals surface area contributed by atoms with Crippen molar-refractivity contribution in [2.24, 2.45) is 0 Å². The molecule has 1 aliphatic rings. The van der Waals surface area contributed by atoms with Gasteiger partial charge in [-0.15, -0.1) is 0 Å². The van der Waals surface area contributed by atoms with E-state index >= 15 is 0 Å². The Hall–Kier alpha value is -2.70. The molecule has 2 aromatic rings. The average molecular weight is 467 g/mol. The fourth-order valence-corrected chi connectivity index (χ4v) is 4.14. The predicted octanol–water partition coefficient (Wildman–Crippen LogP) is 5.36. The average Bonchev–Trinajstić information content (AvgIpc) is 2.85. The molecular weight excluding hydrogens is 436 g/mol. The van der Waals surface area contributed by atoms with E-state index in [4.69, 9.17) is 33.9 Å². The number of allylic oxidation sites excluding steroid dienone is 2. The van der Waals surface area contributed by atoms with Gasteiger partial charge in [0.15, 0.2) is 0 Å². The zero-order valence-corrected chi connectivity index (χ0v) is 20.2. The van der Waals surface area contributed by atoms with Crippen molar-refractivity contribution >= 4 is 34.2 Å². The van der Waals surface area contributed by atoms with E-state index in [9.17, 15) is 0 Å². The van der Waals surface area contributed by atoms with Gasteiger partial charge in [-0.3, -0.25) is 0 Å². The lowest BCUT2D eigenvalue weighted by Crippen LogP contribution is -2.46. The lowest BCUT2D eigenvalue weighted by Gasteiger charge is -2.32. The van der Waals surface area contributed by atoms with Crippen LogP contribution in [0.4, 0.5) is 0 Å². The van der Waals surface area contributed by atoms with E-state index in [1.54, 1.807) is 14.2 Å². The number of hydrogen-bond acceptors (Lipinski definition) is 6. The lowest BCUT2D eigenvalue weighted by molar-refractivity contribution is 0.324. The number of benzene rings is 2. The van der Waals surface area contributed by atoms with Crippen molar-refractivity contribution in [1.29, 1.82) is 0 Å². The third-order valence-electron chi connectivity index (χ3n) is 5.61. The first-order valence-corrected chi connectivity index (χ1v) is 11.6. The van der Waals surface area contributed by atoms with Crippen LogP contribution in [0.25, 0.3) is 0 Å². The Morgan fingerprint density at radius 3 is 1.44 bits per heavy atom. The molecular formula is C26H30N2O2S2. The molecule has 0 spiro atoms. The molecule has 0 bridgehead atoms. The van der Waals surface area contributed by atoms with E-state index in [1.807, 2.05) is 73.1 Å². The molecule has 0 aliphatic heterocycles. The molecule has 2 atom stereocenters. The number of nitrogens with one attached hydrogen (secondary N) is 2. The molecule has 2 N–H and O–H groups in total. The highest BCUT2D eigenvalue weighted by atomic mass is 32.1. The van der Waals surface area contributed by atoms with Crippen LogP contribution in [0.15, 0.2) is 73.1 Å². The van der Waals surface area contributed by atoms with Crippen LogP contribution in [0.5, 0.6) is 11.5 Å². The van der Waals surface area contributed by atoms with Crippen molar-refractivity contribution in [2.45, 2.75) is 37.8 Å². The molecule has 1 aliphatic carbocycles. The van der Waals surface area contributed by atoms with Crippen molar-refractivity contribution in [1.82, 2.24) is 10.6 Å². The quantitative estimate of drug-likeness (QED) is 0.279. The summed E-state index contributed by atoms with van der Waals surface area (Å²) in [7, 11) is 3.32. The molecule has 3 rings (SSSR count). The first-order chi connectivity index (χ1) is 15.6. The fraction of sp³-hybridized carbons (Fsp3) is 0.308. The van der Waals surface area contributed by atoms with Gasteiger partial charge in [0.1, 0.15) is 11.5 Å². The lowest BCUT2D eigenvalue weighted by atomic mass is 9.90. The first-order valence-electron chi connectivity index (χ1n) is 10.8. The third kappa shape index (κ3) is 6.90. The van der Waals surface area contributed by atoms with Crippen molar-refractivity contribution < 1.29 is 9.47 Å². The summed E-state index contributed by atoms with van der Waals surface area (Å²) in [5.74, 6) is 1.66. The maximum Gasteiger partial charge on any atom is 0.118 e. The summed E-state index contributed by atoms with van der Waals surface area (Å²) in [5.41, 5.74) is 2.01.